The molecule has 4 heteroatoms. The highest BCUT2D eigenvalue weighted by molar-refractivity contribution is 5.94. The molecule has 1 unspecified atom stereocenters. The fourth-order valence-corrected chi connectivity index (χ4v) is 3.15. The molecule has 20 heavy (non-hydrogen) atoms. The number of aryl methyl sites for hydroxylation is 1. The summed E-state index contributed by atoms with van der Waals surface area (Å²) in [5.41, 5.74) is 13.8. The minimum absolute atomic E-state index is 0.314. The maximum atomic E-state index is 11.2. The molecule has 1 amide bonds. The third kappa shape index (κ3) is 3.51. The number of hydrogen-bond donors (Lipinski definition) is 3. The third-order valence-corrected chi connectivity index (χ3v) is 4.32. The van der Waals surface area contributed by atoms with Gasteiger partial charge in [-0.05, 0) is 49.4 Å². The minimum atomic E-state index is -0.378. The Balaban J connectivity index is 2.07. The normalized spacial score (nSPS) is 17.7. The number of rotatable bonds is 5. The van der Waals surface area contributed by atoms with Crippen LogP contribution in [0.15, 0.2) is 18.2 Å². The molecule has 110 valence electrons. The zero-order valence-electron chi connectivity index (χ0n) is 12.2. The maximum Gasteiger partial charge on any atom is 0.248 e. The summed E-state index contributed by atoms with van der Waals surface area (Å²) in [7, 11) is 0. The first-order valence-electron chi connectivity index (χ1n) is 7.49. The number of anilines is 1. The van der Waals surface area contributed by atoms with Gasteiger partial charge in [-0.3, -0.25) is 4.79 Å². The summed E-state index contributed by atoms with van der Waals surface area (Å²) < 4.78 is 0. The van der Waals surface area contributed by atoms with E-state index in [0.29, 0.717) is 24.1 Å². The first kappa shape index (κ1) is 14.9. The zero-order chi connectivity index (χ0) is 14.5. The average molecular weight is 275 g/mol. The van der Waals surface area contributed by atoms with Crippen LogP contribution < -0.4 is 16.8 Å². The van der Waals surface area contributed by atoms with Crippen LogP contribution in [-0.4, -0.2) is 18.5 Å². The van der Waals surface area contributed by atoms with E-state index in [9.17, 15) is 4.79 Å². The second-order valence-electron chi connectivity index (χ2n) is 5.78. The first-order chi connectivity index (χ1) is 9.61. The van der Waals surface area contributed by atoms with E-state index < -0.39 is 0 Å². The van der Waals surface area contributed by atoms with Crippen molar-refractivity contribution in [1.29, 1.82) is 0 Å². The Morgan fingerprint density at radius 3 is 2.60 bits per heavy atom. The van der Waals surface area contributed by atoms with Crippen LogP contribution in [0.3, 0.4) is 0 Å². The van der Waals surface area contributed by atoms with Crippen molar-refractivity contribution in [2.75, 3.05) is 11.9 Å². The Morgan fingerprint density at radius 1 is 1.35 bits per heavy atom. The van der Waals surface area contributed by atoms with Crippen LogP contribution in [0.4, 0.5) is 5.69 Å². The first-order valence-corrected chi connectivity index (χ1v) is 7.49. The minimum Gasteiger partial charge on any atom is -0.381 e. The molecule has 1 atom stereocenters. The summed E-state index contributed by atoms with van der Waals surface area (Å²) >= 11 is 0. The van der Waals surface area contributed by atoms with Crippen LogP contribution in [0.1, 0.15) is 48.0 Å². The predicted octanol–water partition coefficient (Wildman–Crippen LogP) is 2.41. The predicted molar refractivity (Wildman–Crippen MR) is 82.7 cm³/mol. The van der Waals surface area contributed by atoms with E-state index in [-0.39, 0.29) is 5.91 Å². The monoisotopic (exact) mass is 275 g/mol. The number of nitrogens with two attached hydrogens (primary N) is 2. The van der Waals surface area contributed by atoms with Crippen LogP contribution in [0.5, 0.6) is 0 Å². The molecule has 0 heterocycles. The molecule has 2 rings (SSSR count). The quantitative estimate of drug-likeness (QED) is 0.772. The van der Waals surface area contributed by atoms with E-state index in [1.54, 1.807) is 6.07 Å². The van der Waals surface area contributed by atoms with Crippen LogP contribution in [0.2, 0.25) is 0 Å². The number of benzene rings is 1. The highest BCUT2D eigenvalue weighted by atomic mass is 16.1. The lowest BCUT2D eigenvalue weighted by atomic mass is 9.84. The molecule has 1 aliphatic carbocycles. The standard InChI is InChI=1S/C16H25N3O/c1-11-9-13(7-8-14(11)16(18)20)19-15(10-17)12-5-3-2-4-6-12/h7-9,12,15,19H,2-6,10,17H2,1H3,(H2,18,20). The Hall–Kier alpha value is -1.55. The van der Waals surface area contributed by atoms with Crippen LogP contribution in [-0.2, 0) is 0 Å². The van der Waals surface area contributed by atoms with Crippen LogP contribution in [0.25, 0.3) is 0 Å². The van der Waals surface area contributed by atoms with Gasteiger partial charge in [0, 0.05) is 23.8 Å². The van der Waals surface area contributed by atoms with Crippen molar-refractivity contribution in [3.8, 4) is 0 Å². The molecule has 0 radical (unpaired) electrons. The molecular formula is C16H25N3O. The van der Waals surface area contributed by atoms with Gasteiger partial charge in [0.25, 0.3) is 0 Å². The third-order valence-electron chi connectivity index (χ3n) is 4.32. The highest BCUT2D eigenvalue weighted by Crippen LogP contribution is 2.28. The van der Waals surface area contributed by atoms with Crippen molar-refractivity contribution < 1.29 is 4.79 Å². The van der Waals surface area contributed by atoms with Gasteiger partial charge in [-0.1, -0.05) is 19.3 Å². The summed E-state index contributed by atoms with van der Waals surface area (Å²) in [6.07, 6.45) is 6.48. The molecule has 1 aromatic carbocycles. The Bertz CT molecular complexity index is 467. The Labute approximate surface area is 120 Å². The average Bonchev–Trinajstić information content (AvgIpc) is 2.45. The molecule has 0 bridgehead atoms. The smallest absolute Gasteiger partial charge is 0.248 e. The maximum absolute atomic E-state index is 11.2. The molecule has 5 N–H and O–H groups in total. The van der Waals surface area contributed by atoms with Gasteiger partial charge in [-0.25, -0.2) is 0 Å². The van der Waals surface area contributed by atoms with Crippen molar-refractivity contribution in [2.24, 2.45) is 17.4 Å². The van der Waals surface area contributed by atoms with Crippen molar-refractivity contribution in [1.82, 2.24) is 0 Å². The molecule has 0 saturated heterocycles. The van der Waals surface area contributed by atoms with Gasteiger partial charge < -0.3 is 16.8 Å². The van der Waals surface area contributed by atoms with E-state index in [0.717, 1.165) is 11.3 Å². The highest BCUT2D eigenvalue weighted by Gasteiger charge is 2.22. The summed E-state index contributed by atoms with van der Waals surface area (Å²) in [5.74, 6) is 0.279. The summed E-state index contributed by atoms with van der Waals surface area (Å²) in [6, 6.07) is 5.99. The van der Waals surface area contributed by atoms with Gasteiger partial charge in [-0.2, -0.15) is 0 Å². The van der Waals surface area contributed by atoms with Crippen molar-refractivity contribution in [3.63, 3.8) is 0 Å². The molecular weight excluding hydrogens is 250 g/mol. The fraction of sp³-hybridized carbons (Fsp3) is 0.562. The zero-order valence-corrected chi connectivity index (χ0v) is 12.2. The van der Waals surface area contributed by atoms with Gasteiger partial charge in [0.1, 0.15) is 0 Å². The van der Waals surface area contributed by atoms with Crippen molar-refractivity contribution >= 4 is 11.6 Å². The van der Waals surface area contributed by atoms with Gasteiger partial charge in [0.15, 0.2) is 0 Å². The Kier molecular flexibility index (Phi) is 5.01. The number of hydrogen-bond acceptors (Lipinski definition) is 3. The summed E-state index contributed by atoms with van der Waals surface area (Å²) in [5, 5.41) is 3.53. The largest absolute Gasteiger partial charge is 0.381 e. The number of carbonyl (C=O) groups excluding carboxylic acids is 1. The lowest BCUT2D eigenvalue weighted by Crippen LogP contribution is -2.37. The second kappa shape index (κ2) is 6.75. The van der Waals surface area contributed by atoms with Gasteiger partial charge in [-0.15, -0.1) is 0 Å². The molecule has 1 aliphatic rings. The molecule has 0 aromatic heterocycles. The van der Waals surface area contributed by atoms with Gasteiger partial charge >= 0.3 is 0 Å². The molecule has 1 fully saturated rings. The SMILES string of the molecule is Cc1cc(NC(CN)C2CCCCC2)ccc1C(N)=O. The molecule has 0 aliphatic heterocycles. The van der Waals surface area contributed by atoms with Gasteiger partial charge in [0.05, 0.1) is 0 Å². The molecule has 1 aromatic rings. The van der Waals surface area contributed by atoms with E-state index in [1.165, 1.54) is 32.1 Å². The molecule has 0 spiro atoms. The van der Waals surface area contributed by atoms with E-state index in [1.807, 2.05) is 19.1 Å². The van der Waals surface area contributed by atoms with Crippen LogP contribution in [0, 0.1) is 12.8 Å². The van der Waals surface area contributed by atoms with Gasteiger partial charge in [0.2, 0.25) is 5.91 Å². The topological polar surface area (TPSA) is 81.1 Å². The summed E-state index contributed by atoms with van der Waals surface area (Å²) in [6.45, 7) is 2.55. The second-order valence-corrected chi connectivity index (χ2v) is 5.78. The molecule has 1 saturated carbocycles. The summed E-state index contributed by atoms with van der Waals surface area (Å²) in [4.78, 5) is 11.2. The lowest BCUT2D eigenvalue weighted by Gasteiger charge is -2.31. The Morgan fingerprint density at radius 2 is 2.05 bits per heavy atom. The lowest BCUT2D eigenvalue weighted by molar-refractivity contribution is 0.1000. The number of primary amides is 1. The van der Waals surface area contributed by atoms with E-state index in [4.69, 9.17) is 11.5 Å². The number of nitrogens with one attached hydrogen (secondary N) is 1. The van der Waals surface area contributed by atoms with Crippen molar-refractivity contribution in [2.45, 2.75) is 45.1 Å². The number of carbonyl (C=O) groups is 1. The fourth-order valence-electron chi connectivity index (χ4n) is 3.15. The van der Waals surface area contributed by atoms with Crippen molar-refractivity contribution in [3.05, 3.63) is 29.3 Å². The van der Waals surface area contributed by atoms with E-state index in [2.05, 4.69) is 5.32 Å². The van der Waals surface area contributed by atoms with E-state index >= 15 is 0 Å². The number of amides is 1. The molecule has 4 nitrogen and oxygen atoms in total. The van der Waals surface area contributed by atoms with Crippen LogP contribution >= 0.6 is 0 Å².